The fraction of sp³-hybridized carbons (Fsp3) is 0.324. The SMILES string of the molecule is O=C(NCc1cccc(C(=O)NCCO)c1)C1=C[C@H]2OC3(Cc4ccccc4C3)O[C@H]2[C@H](OC(=O)c2ccc(C=COCCO)cc2)C1. The van der Waals surface area contributed by atoms with Crippen LogP contribution in [0, 0.1) is 0 Å². The van der Waals surface area contributed by atoms with E-state index in [2.05, 4.69) is 10.6 Å². The van der Waals surface area contributed by atoms with Crippen LogP contribution in [0.25, 0.3) is 6.08 Å². The van der Waals surface area contributed by atoms with Crippen molar-refractivity contribution in [2.75, 3.05) is 26.4 Å². The van der Waals surface area contributed by atoms with Crippen molar-refractivity contribution in [2.24, 2.45) is 0 Å². The fourth-order valence-electron chi connectivity index (χ4n) is 6.24. The van der Waals surface area contributed by atoms with Crippen LogP contribution < -0.4 is 10.6 Å². The molecule has 0 saturated carbocycles. The topological polar surface area (TPSA) is 153 Å². The highest BCUT2D eigenvalue weighted by Gasteiger charge is 2.55. The number of carbonyl (C=O) groups excluding carboxylic acids is 3. The predicted octanol–water partition coefficient (Wildman–Crippen LogP) is 2.84. The van der Waals surface area contributed by atoms with Gasteiger partial charge in [0.1, 0.15) is 24.9 Å². The van der Waals surface area contributed by atoms with E-state index in [0.29, 0.717) is 29.5 Å². The molecule has 11 heteroatoms. The lowest BCUT2D eigenvalue weighted by Gasteiger charge is -2.30. The van der Waals surface area contributed by atoms with Gasteiger partial charge in [-0.2, -0.15) is 0 Å². The average Bonchev–Trinajstić information content (AvgIpc) is 3.66. The monoisotopic (exact) mass is 654 g/mol. The molecule has 250 valence electrons. The Morgan fingerprint density at radius 1 is 0.875 bits per heavy atom. The number of hydrogen-bond donors (Lipinski definition) is 4. The van der Waals surface area contributed by atoms with E-state index >= 15 is 0 Å². The summed E-state index contributed by atoms with van der Waals surface area (Å²) < 4.78 is 24.3. The Morgan fingerprint density at radius 3 is 2.38 bits per heavy atom. The minimum atomic E-state index is -0.921. The van der Waals surface area contributed by atoms with Crippen LogP contribution in [0.2, 0.25) is 0 Å². The molecule has 1 aliphatic heterocycles. The summed E-state index contributed by atoms with van der Waals surface area (Å²) in [6, 6.07) is 21.7. The summed E-state index contributed by atoms with van der Waals surface area (Å²) in [5, 5.41) is 23.4. The molecule has 0 aromatic heterocycles. The van der Waals surface area contributed by atoms with Crippen molar-refractivity contribution in [1.29, 1.82) is 0 Å². The van der Waals surface area contributed by atoms with Crippen molar-refractivity contribution in [3.8, 4) is 0 Å². The number of rotatable bonds is 12. The van der Waals surface area contributed by atoms with Gasteiger partial charge in [0, 0.05) is 43.5 Å². The number of nitrogens with one attached hydrogen (secondary N) is 2. The van der Waals surface area contributed by atoms with Crippen molar-refractivity contribution in [3.63, 3.8) is 0 Å². The molecule has 3 aromatic carbocycles. The molecule has 11 nitrogen and oxygen atoms in total. The van der Waals surface area contributed by atoms with Gasteiger partial charge in [-0.25, -0.2) is 4.79 Å². The highest BCUT2D eigenvalue weighted by molar-refractivity contribution is 5.95. The van der Waals surface area contributed by atoms with E-state index in [0.717, 1.165) is 22.3 Å². The highest BCUT2D eigenvalue weighted by atomic mass is 16.8. The van der Waals surface area contributed by atoms with Crippen molar-refractivity contribution in [1.82, 2.24) is 10.6 Å². The number of aliphatic hydroxyl groups is 2. The summed E-state index contributed by atoms with van der Waals surface area (Å²) in [6.07, 6.45) is 4.16. The Balaban J connectivity index is 1.17. The molecule has 3 aromatic rings. The second kappa shape index (κ2) is 15.0. The first-order valence-corrected chi connectivity index (χ1v) is 16.0. The normalized spacial score (nSPS) is 20.5. The highest BCUT2D eigenvalue weighted by Crippen LogP contribution is 2.45. The quantitative estimate of drug-likeness (QED) is 0.131. The van der Waals surface area contributed by atoms with Crippen LogP contribution in [-0.2, 0) is 43.1 Å². The van der Waals surface area contributed by atoms with Crippen LogP contribution in [0.5, 0.6) is 0 Å². The van der Waals surface area contributed by atoms with Crippen LogP contribution in [0.1, 0.15) is 49.4 Å². The van der Waals surface area contributed by atoms with E-state index in [4.69, 9.17) is 29.2 Å². The molecule has 2 amide bonds. The van der Waals surface area contributed by atoms with Crippen molar-refractivity contribution in [3.05, 3.63) is 124 Å². The third-order valence-electron chi connectivity index (χ3n) is 8.52. The summed E-state index contributed by atoms with van der Waals surface area (Å²) in [7, 11) is 0. The molecule has 48 heavy (non-hydrogen) atoms. The molecule has 1 saturated heterocycles. The Hall–Kier alpha value is -4.81. The number of aliphatic hydroxyl groups excluding tert-OH is 2. The zero-order chi connectivity index (χ0) is 33.5. The van der Waals surface area contributed by atoms with E-state index in [1.807, 2.05) is 24.3 Å². The summed E-state index contributed by atoms with van der Waals surface area (Å²) >= 11 is 0. The van der Waals surface area contributed by atoms with E-state index in [9.17, 15) is 14.4 Å². The van der Waals surface area contributed by atoms with E-state index < -0.39 is 30.1 Å². The third-order valence-corrected chi connectivity index (χ3v) is 8.52. The standard InChI is InChI=1S/C37H38N2O9/c40-14-13-38-34(42)27-7-3-4-25(18-27)23-39-35(43)30-19-31(46-36(44)26-10-8-24(9-11-26)12-16-45-17-15-41)33-32(20-30)47-37(48-33)21-28-5-1-2-6-29(28)22-37/h1-12,16,18,20,31-33,40-41H,13-15,17,19,21-23H2,(H,38,42)(H,39,43)/t31-,32-,33+/m1/s1. The van der Waals surface area contributed by atoms with Crippen LogP contribution in [0.4, 0.5) is 0 Å². The van der Waals surface area contributed by atoms with Gasteiger partial charge in [-0.1, -0.05) is 48.5 Å². The van der Waals surface area contributed by atoms with Crippen molar-refractivity contribution < 1.29 is 43.5 Å². The minimum absolute atomic E-state index is 0.0831. The Kier molecular flexibility index (Phi) is 10.3. The second-order valence-corrected chi connectivity index (χ2v) is 11.9. The summed E-state index contributed by atoms with van der Waals surface area (Å²) in [6.45, 7) is 0.254. The third kappa shape index (κ3) is 7.66. The van der Waals surface area contributed by atoms with Gasteiger partial charge in [0.05, 0.1) is 25.0 Å². The molecule has 1 fully saturated rings. The molecule has 6 rings (SSSR count). The molecule has 0 unspecified atom stereocenters. The van der Waals surface area contributed by atoms with Crippen LogP contribution in [-0.4, -0.2) is 78.5 Å². The predicted molar refractivity (Wildman–Crippen MR) is 174 cm³/mol. The lowest BCUT2D eigenvalue weighted by atomic mass is 9.91. The van der Waals surface area contributed by atoms with Gasteiger partial charge in [-0.05, 0) is 58.7 Å². The van der Waals surface area contributed by atoms with Crippen molar-refractivity contribution >= 4 is 23.9 Å². The zero-order valence-corrected chi connectivity index (χ0v) is 26.3. The largest absolute Gasteiger partial charge is 0.499 e. The summed E-state index contributed by atoms with van der Waals surface area (Å²) in [4.78, 5) is 39.2. The Morgan fingerprint density at radius 2 is 1.65 bits per heavy atom. The number of carbonyl (C=O) groups is 3. The number of amides is 2. The molecular weight excluding hydrogens is 616 g/mol. The van der Waals surface area contributed by atoms with Crippen molar-refractivity contribution in [2.45, 2.75) is 49.9 Å². The van der Waals surface area contributed by atoms with Crippen LogP contribution in [0.3, 0.4) is 0 Å². The maximum atomic E-state index is 13.5. The van der Waals surface area contributed by atoms with Gasteiger partial charge in [0.15, 0.2) is 5.79 Å². The average molecular weight is 655 g/mol. The van der Waals surface area contributed by atoms with Gasteiger partial charge in [0.2, 0.25) is 5.91 Å². The lowest BCUT2D eigenvalue weighted by Crippen LogP contribution is -2.43. The Labute approximate surface area is 278 Å². The van der Waals surface area contributed by atoms with E-state index in [1.54, 1.807) is 60.7 Å². The number of hydrogen-bond acceptors (Lipinski definition) is 9. The number of fused-ring (bicyclic) bond motifs is 2. The van der Waals surface area contributed by atoms with Gasteiger partial charge < -0.3 is 39.8 Å². The van der Waals surface area contributed by atoms with E-state index in [1.165, 1.54) is 6.26 Å². The zero-order valence-electron chi connectivity index (χ0n) is 26.3. The first-order valence-electron chi connectivity index (χ1n) is 16.0. The van der Waals surface area contributed by atoms with Gasteiger partial charge in [-0.15, -0.1) is 0 Å². The van der Waals surface area contributed by atoms with Crippen LogP contribution >= 0.6 is 0 Å². The number of ether oxygens (including phenoxy) is 4. The summed E-state index contributed by atoms with van der Waals surface area (Å²) in [5.74, 6) is -2.14. The van der Waals surface area contributed by atoms with Gasteiger partial charge in [0.25, 0.3) is 5.91 Å². The number of esters is 1. The minimum Gasteiger partial charge on any atom is -0.499 e. The Bertz CT molecular complexity index is 1680. The first kappa shape index (κ1) is 33.1. The van der Waals surface area contributed by atoms with E-state index in [-0.39, 0.29) is 51.1 Å². The molecule has 3 aliphatic rings. The number of benzene rings is 3. The molecule has 0 radical (unpaired) electrons. The summed E-state index contributed by atoms with van der Waals surface area (Å²) in [5.41, 5.74) is 4.95. The first-order chi connectivity index (χ1) is 23.4. The maximum absolute atomic E-state index is 13.5. The fourth-order valence-corrected chi connectivity index (χ4v) is 6.24. The molecule has 2 aliphatic carbocycles. The lowest BCUT2D eigenvalue weighted by molar-refractivity contribution is -0.172. The molecule has 3 atom stereocenters. The smallest absolute Gasteiger partial charge is 0.338 e. The molecule has 0 bridgehead atoms. The maximum Gasteiger partial charge on any atom is 0.338 e. The molecular formula is C37H38N2O9. The van der Waals surface area contributed by atoms with Gasteiger partial charge >= 0.3 is 5.97 Å². The molecule has 1 spiro atoms. The van der Waals surface area contributed by atoms with Gasteiger partial charge in [-0.3, -0.25) is 9.59 Å². The van der Waals surface area contributed by atoms with Crippen LogP contribution in [0.15, 0.2) is 90.7 Å². The molecule has 1 heterocycles. The molecule has 4 N–H and O–H groups in total. The second-order valence-electron chi connectivity index (χ2n) is 11.9.